The molecule has 0 aromatic carbocycles. The minimum absolute atomic E-state index is 0.277. The third kappa shape index (κ3) is 2.66. The van der Waals surface area contributed by atoms with Crippen LogP contribution in [0.3, 0.4) is 0 Å². The largest absolute Gasteiger partial charge is 0.354 e. The van der Waals surface area contributed by atoms with Gasteiger partial charge in [0.15, 0.2) is 0 Å². The maximum atomic E-state index is 6.12. The van der Waals surface area contributed by atoms with Gasteiger partial charge < -0.3 is 15.2 Å². The zero-order valence-corrected chi connectivity index (χ0v) is 10.4. The maximum absolute atomic E-state index is 6.12. The molecule has 0 saturated carbocycles. The molecule has 1 aliphatic carbocycles. The highest BCUT2D eigenvalue weighted by Gasteiger charge is 2.18. The van der Waals surface area contributed by atoms with Crippen molar-refractivity contribution >= 4 is 0 Å². The van der Waals surface area contributed by atoms with Crippen molar-refractivity contribution in [2.45, 2.75) is 38.3 Å². The van der Waals surface area contributed by atoms with Crippen LogP contribution in [0.1, 0.15) is 36.4 Å². The fourth-order valence-electron chi connectivity index (χ4n) is 2.48. The predicted molar refractivity (Wildman–Crippen MR) is 67.5 cm³/mol. The quantitative estimate of drug-likeness (QED) is 0.841. The van der Waals surface area contributed by atoms with Crippen LogP contribution in [0.2, 0.25) is 0 Å². The van der Waals surface area contributed by atoms with Crippen molar-refractivity contribution in [2.24, 2.45) is 5.73 Å². The molecule has 1 atom stereocenters. The van der Waals surface area contributed by atoms with E-state index >= 15 is 0 Å². The Morgan fingerprint density at radius 3 is 2.94 bits per heavy atom. The first kappa shape index (κ1) is 11.7. The van der Waals surface area contributed by atoms with Gasteiger partial charge in [-0.2, -0.15) is 0 Å². The van der Waals surface area contributed by atoms with Crippen molar-refractivity contribution in [3.63, 3.8) is 0 Å². The number of nitrogens with zero attached hydrogens (tertiary/aromatic N) is 2. The first-order valence-corrected chi connectivity index (χ1v) is 6.25. The third-order valence-corrected chi connectivity index (χ3v) is 3.38. The highest BCUT2D eigenvalue weighted by Crippen LogP contribution is 2.28. The van der Waals surface area contributed by atoms with Crippen LogP contribution in [-0.4, -0.2) is 30.1 Å². The lowest BCUT2D eigenvalue weighted by atomic mass is 9.92. The fraction of sp³-hybridized carbons (Fsp3) is 0.692. The molecule has 0 bridgehead atoms. The molecular weight excluding hydrogens is 198 g/mol. The molecule has 2 N–H and O–H groups in total. The molecule has 1 aromatic heterocycles. The summed E-state index contributed by atoms with van der Waals surface area (Å²) >= 11 is 0. The Morgan fingerprint density at radius 2 is 2.25 bits per heavy atom. The molecule has 0 radical (unpaired) electrons. The van der Waals surface area contributed by atoms with Gasteiger partial charge in [-0.25, -0.2) is 0 Å². The SMILES string of the molecule is CN(C)CCCn1cc2c(c1)C(N)CCC2. The molecule has 0 spiro atoms. The Bertz CT molecular complexity index is 341. The number of rotatable bonds is 4. The van der Waals surface area contributed by atoms with Crippen molar-refractivity contribution in [1.82, 2.24) is 9.47 Å². The molecule has 16 heavy (non-hydrogen) atoms. The van der Waals surface area contributed by atoms with Crippen LogP contribution < -0.4 is 5.73 Å². The normalized spacial score (nSPS) is 20.1. The summed E-state index contributed by atoms with van der Waals surface area (Å²) in [5, 5.41) is 0. The van der Waals surface area contributed by atoms with Crippen molar-refractivity contribution in [2.75, 3.05) is 20.6 Å². The van der Waals surface area contributed by atoms with Gasteiger partial charge in [-0.1, -0.05) is 0 Å². The summed E-state index contributed by atoms with van der Waals surface area (Å²) in [4.78, 5) is 2.23. The minimum atomic E-state index is 0.277. The van der Waals surface area contributed by atoms with E-state index in [1.165, 1.54) is 30.4 Å². The number of fused-ring (bicyclic) bond motifs is 1. The molecule has 2 rings (SSSR count). The summed E-state index contributed by atoms with van der Waals surface area (Å²) in [6.45, 7) is 2.26. The van der Waals surface area contributed by atoms with Crippen LogP contribution in [0.25, 0.3) is 0 Å². The Hall–Kier alpha value is -0.800. The predicted octanol–water partition coefficient (Wildman–Crippen LogP) is 1.78. The van der Waals surface area contributed by atoms with E-state index in [-0.39, 0.29) is 6.04 Å². The van der Waals surface area contributed by atoms with Crippen LogP contribution in [0.5, 0.6) is 0 Å². The molecule has 3 heteroatoms. The molecule has 90 valence electrons. The number of aromatic nitrogens is 1. The lowest BCUT2D eigenvalue weighted by molar-refractivity contribution is 0.386. The lowest BCUT2D eigenvalue weighted by Crippen LogP contribution is -2.15. The molecule has 1 unspecified atom stereocenters. The molecular formula is C13H23N3. The van der Waals surface area contributed by atoms with Crippen molar-refractivity contribution < 1.29 is 0 Å². The van der Waals surface area contributed by atoms with Crippen molar-refractivity contribution in [3.8, 4) is 0 Å². The van der Waals surface area contributed by atoms with E-state index < -0.39 is 0 Å². The van der Waals surface area contributed by atoms with E-state index in [4.69, 9.17) is 5.73 Å². The zero-order chi connectivity index (χ0) is 11.5. The molecule has 0 saturated heterocycles. The average molecular weight is 221 g/mol. The van der Waals surface area contributed by atoms with E-state index in [2.05, 4.69) is 36.0 Å². The van der Waals surface area contributed by atoms with E-state index in [0.29, 0.717) is 0 Å². The first-order chi connectivity index (χ1) is 7.66. The molecule has 1 aliphatic rings. The highest BCUT2D eigenvalue weighted by atomic mass is 15.1. The standard InChI is InChI=1S/C13H23N3/c1-15(2)7-4-8-16-9-11-5-3-6-13(14)12(11)10-16/h9-10,13H,3-8,14H2,1-2H3. The number of aryl methyl sites for hydroxylation is 2. The summed E-state index contributed by atoms with van der Waals surface area (Å²) in [6, 6.07) is 0.277. The Balaban J connectivity index is 1.96. The number of nitrogens with two attached hydrogens (primary N) is 1. The zero-order valence-electron chi connectivity index (χ0n) is 10.4. The second kappa shape index (κ2) is 5.02. The smallest absolute Gasteiger partial charge is 0.0312 e. The van der Waals surface area contributed by atoms with E-state index in [1.807, 2.05) is 0 Å². The molecule has 0 amide bonds. The summed E-state index contributed by atoms with van der Waals surface area (Å²) in [5.41, 5.74) is 8.98. The monoisotopic (exact) mass is 221 g/mol. The van der Waals surface area contributed by atoms with Gasteiger partial charge in [0.2, 0.25) is 0 Å². The van der Waals surface area contributed by atoms with E-state index in [9.17, 15) is 0 Å². The van der Waals surface area contributed by atoms with Gasteiger partial charge in [0.1, 0.15) is 0 Å². The first-order valence-electron chi connectivity index (χ1n) is 6.25. The Labute approximate surface area is 98.2 Å². The Morgan fingerprint density at radius 1 is 1.44 bits per heavy atom. The molecule has 0 fully saturated rings. The van der Waals surface area contributed by atoms with Crippen LogP contribution in [0, 0.1) is 0 Å². The summed E-state index contributed by atoms with van der Waals surface area (Å²) in [6.07, 6.45) is 9.36. The van der Waals surface area contributed by atoms with E-state index in [0.717, 1.165) is 19.5 Å². The Kier molecular flexibility index (Phi) is 3.66. The average Bonchev–Trinajstić information content (AvgIpc) is 2.61. The van der Waals surface area contributed by atoms with Crippen LogP contribution >= 0.6 is 0 Å². The van der Waals surface area contributed by atoms with Crippen molar-refractivity contribution in [3.05, 3.63) is 23.5 Å². The van der Waals surface area contributed by atoms with Crippen LogP contribution in [0.4, 0.5) is 0 Å². The van der Waals surface area contributed by atoms with Gasteiger partial charge in [-0.15, -0.1) is 0 Å². The fourth-order valence-corrected chi connectivity index (χ4v) is 2.48. The number of hydrogen-bond acceptors (Lipinski definition) is 2. The third-order valence-electron chi connectivity index (χ3n) is 3.38. The molecule has 0 aliphatic heterocycles. The van der Waals surface area contributed by atoms with Gasteiger partial charge in [0, 0.05) is 25.0 Å². The second-order valence-electron chi connectivity index (χ2n) is 5.13. The number of hydrogen-bond donors (Lipinski definition) is 1. The van der Waals surface area contributed by atoms with Crippen molar-refractivity contribution in [1.29, 1.82) is 0 Å². The molecule has 1 aromatic rings. The summed E-state index contributed by atoms with van der Waals surface area (Å²) in [7, 11) is 4.24. The summed E-state index contributed by atoms with van der Waals surface area (Å²) in [5.74, 6) is 0. The van der Waals surface area contributed by atoms with Crippen LogP contribution in [-0.2, 0) is 13.0 Å². The second-order valence-corrected chi connectivity index (χ2v) is 5.13. The van der Waals surface area contributed by atoms with Gasteiger partial charge in [-0.05, 0) is 57.5 Å². The van der Waals surface area contributed by atoms with Gasteiger partial charge in [0.05, 0.1) is 0 Å². The molecule has 1 heterocycles. The highest BCUT2D eigenvalue weighted by molar-refractivity contribution is 5.29. The van der Waals surface area contributed by atoms with E-state index in [1.54, 1.807) is 0 Å². The van der Waals surface area contributed by atoms with Gasteiger partial charge in [-0.3, -0.25) is 0 Å². The minimum Gasteiger partial charge on any atom is -0.354 e. The summed E-state index contributed by atoms with van der Waals surface area (Å²) < 4.78 is 2.32. The lowest BCUT2D eigenvalue weighted by Gasteiger charge is -2.17. The van der Waals surface area contributed by atoms with Crippen LogP contribution in [0.15, 0.2) is 12.4 Å². The van der Waals surface area contributed by atoms with Gasteiger partial charge in [0.25, 0.3) is 0 Å². The maximum Gasteiger partial charge on any atom is 0.0312 e. The topological polar surface area (TPSA) is 34.2 Å². The molecule has 3 nitrogen and oxygen atoms in total. The van der Waals surface area contributed by atoms with Gasteiger partial charge >= 0.3 is 0 Å².